The van der Waals surface area contributed by atoms with Gasteiger partial charge in [0.15, 0.2) is 36.6 Å². The quantitative estimate of drug-likeness (QED) is 0.127. The van der Waals surface area contributed by atoms with Gasteiger partial charge in [0.05, 0.1) is 38.0 Å². The van der Waals surface area contributed by atoms with Crippen LogP contribution in [0.15, 0.2) is 279 Å². The third kappa shape index (κ3) is 14.7. The summed E-state index contributed by atoms with van der Waals surface area (Å²) in [6.45, 7) is 6.28. The van der Waals surface area contributed by atoms with Gasteiger partial charge in [-0.1, -0.05) is 117 Å². The van der Waals surface area contributed by atoms with Gasteiger partial charge in [-0.05, 0) is 105 Å². The molecule has 16 aromatic heterocycles. The Morgan fingerprint density at radius 1 is 0.336 bits per heavy atom. The summed E-state index contributed by atoms with van der Waals surface area (Å²) in [4.78, 5) is 9.02. The first-order chi connectivity index (χ1) is 56.2. The maximum Gasteiger partial charge on any atom is 0.334 e. The fourth-order valence-electron chi connectivity index (χ4n) is 15.4. The predicted molar refractivity (Wildman–Crippen MR) is 466 cm³/mol. The average Bonchev–Trinajstić information content (AvgIpc) is 1.59. The molecular formula is C94H93N15O2S5+10. The summed E-state index contributed by atoms with van der Waals surface area (Å²) in [5.74, 6) is 0.976. The van der Waals surface area contributed by atoms with Gasteiger partial charge in [0.1, 0.15) is 93.0 Å². The highest BCUT2D eigenvalue weighted by molar-refractivity contribution is 7.13. The summed E-state index contributed by atoms with van der Waals surface area (Å²) >= 11 is 8.76. The molecule has 0 unspecified atom stereocenters. The van der Waals surface area contributed by atoms with Gasteiger partial charge in [0.2, 0.25) is 40.0 Å². The van der Waals surface area contributed by atoms with Crippen LogP contribution in [0.5, 0.6) is 0 Å². The first-order valence-electron chi connectivity index (χ1n) is 38.2. The van der Waals surface area contributed by atoms with Crippen LogP contribution >= 0.6 is 56.7 Å². The maximum atomic E-state index is 6.31. The Hall–Kier alpha value is -12.4. The molecule has 22 heteroatoms. The van der Waals surface area contributed by atoms with E-state index in [1.165, 1.54) is 104 Å². The molecule has 576 valence electrons. The topological polar surface area (TPSA) is 106 Å². The van der Waals surface area contributed by atoms with E-state index in [4.69, 9.17) is 8.83 Å². The van der Waals surface area contributed by atoms with Gasteiger partial charge in [-0.2, -0.15) is 45.7 Å². The summed E-state index contributed by atoms with van der Waals surface area (Å²) in [5.41, 5.74) is 24.7. The monoisotopic (exact) mass is 1620 g/mol. The van der Waals surface area contributed by atoms with Crippen molar-refractivity contribution in [2.45, 2.75) is 20.8 Å². The molecule has 0 aliphatic carbocycles. The number of rotatable bonds is 10. The molecule has 17 nitrogen and oxygen atoms in total. The number of benzene rings is 4. The second kappa shape index (κ2) is 32.8. The van der Waals surface area contributed by atoms with Gasteiger partial charge in [0.25, 0.3) is 28.5 Å². The minimum absolute atomic E-state index is 0.699. The van der Waals surface area contributed by atoms with E-state index in [1.54, 1.807) is 56.7 Å². The normalized spacial score (nSPS) is 11.3. The molecule has 4 aromatic carbocycles. The molecular weight excluding hydrogens is 1530 g/mol. The molecule has 0 radical (unpaired) electrons. The molecule has 0 saturated carbocycles. The minimum atomic E-state index is 0.699. The van der Waals surface area contributed by atoms with E-state index in [2.05, 4.69) is 403 Å². The third-order valence-corrected chi connectivity index (χ3v) is 26.7. The lowest BCUT2D eigenvalue weighted by Gasteiger charge is -2.07. The van der Waals surface area contributed by atoms with Crippen molar-refractivity contribution >= 4 is 112 Å². The number of imidazole rings is 1. The Bertz CT molecular complexity index is 6810. The number of nitrogens with zero attached hydrogens (tertiary/aromatic N) is 15. The van der Waals surface area contributed by atoms with Gasteiger partial charge < -0.3 is 22.5 Å². The van der Waals surface area contributed by atoms with Crippen molar-refractivity contribution in [1.29, 1.82) is 0 Å². The summed E-state index contributed by atoms with van der Waals surface area (Å²) < 4.78 is 41.1. The van der Waals surface area contributed by atoms with Crippen LogP contribution in [0.25, 0.3) is 165 Å². The van der Waals surface area contributed by atoms with Crippen LogP contribution in [0.3, 0.4) is 0 Å². The summed E-state index contributed by atoms with van der Waals surface area (Å²) in [6.07, 6.45) is 16.3. The van der Waals surface area contributed by atoms with E-state index >= 15 is 0 Å². The van der Waals surface area contributed by atoms with Crippen molar-refractivity contribution in [2.75, 3.05) is 0 Å². The van der Waals surface area contributed by atoms with Crippen molar-refractivity contribution in [2.24, 2.45) is 91.6 Å². The zero-order chi connectivity index (χ0) is 80.7. The number of thiazole rings is 5. The molecule has 0 spiro atoms. The number of furan rings is 2. The summed E-state index contributed by atoms with van der Waals surface area (Å²) in [5, 5.41) is 22.5. The van der Waals surface area contributed by atoms with E-state index in [9.17, 15) is 0 Å². The van der Waals surface area contributed by atoms with E-state index in [0.29, 0.717) is 5.71 Å². The number of aryl methyl sites for hydroxylation is 11. The lowest BCUT2D eigenvalue weighted by atomic mass is 10.0. The average molecular weight is 1630 g/mol. The highest BCUT2D eigenvalue weighted by atomic mass is 32.1. The molecule has 0 aliphatic rings. The van der Waals surface area contributed by atoms with Crippen LogP contribution in [0.4, 0.5) is 0 Å². The van der Waals surface area contributed by atoms with Crippen LogP contribution < -0.4 is 45.7 Å². The van der Waals surface area contributed by atoms with Gasteiger partial charge in [-0.25, -0.2) is 9.97 Å². The van der Waals surface area contributed by atoms with Crippen molar-refractivity contribution in [3.63, 3.8) is 0 Å². The molecule has 0 atom stereocenters. The number of hydrogen-bond donors (Lipinski definition) is 0. The molecule has 0 aliphatic heterocycles. The Morgan fingerprint density at radius 3 is 1.19 bits per heavy atom. The second-order valence-electron chi connectivity index (χ2n) is 29.2. The minimum Gasteiger partial charge on any atom is -0.455 e. The maximum absolute atomic E-state index is 6.31. The molecule has 116 heavy (non-hydrogen) atoms. The van der Waals surface area contributed by atoms with E-state index in [-0.39, 0.29) is 0 Å². The lowest BCUT2D eigenvalue weighted by molar-refractivity contribution is -0.682. The zero-order valence-electron chi connectivity index (χ0n) is 68.0. The number of hydrogen-bond acceptors (Lipinski definition) is 9. The highest BCUT2D eigenvalue weighted by Gasteiger charge is 2.33. The van der Waals surface area contributed by atoms with Crippen LogP contribution in [0.1, 0.15) is 16.8 Å². The first kappa shape index (κ1) is 77.5. The number of para-hydroxylation sites is 2. The first-order valence-corrected chi connectivity index (χ1v) is 42.6. The fourth-order valence-corrected chi connectivity index (χ4v) is 20.1. The van der Waals surface area contributed by atoms with E-state index in [0.717, 1.165) is 72.6 Å². The molecule has 0 bridgehead atoms. The van der Waals surface area contributed by atoms with Crippen LogP contribution in [0, 0.1) is 20.8 Å². The summed E-state index contributed by atoms with van der Waals surface area (Å²) in [7, 11) is 27.2. The Balaban J connectivity index is 0.000000110. The fraction of sp³-hybridized carbons (Fsp3) is 0.170. The van der Waals surface area contributed by atoms with Gasteiger partial charge in [-0.15, -0.1) is 0 Å². The Labute approximate surface area is 694 Å². The van der Waals surface area contributed by atoms with Gasteiger partial charge >= 0.3 is 25.0 Å². The zero-order valence-corrected chi connectivity index (χ0v) is 72.1. The van der Waals surface area contributed by atoms with Crippen molar-refractivity contribution in [1.82, 2.24) is 23.7 Å². The van der Waals surface area contributed by atoms with Crippen LogP contribution in [0.2, 0.25) is 0 Å². The largest absolute Gasteiger partial charge is 0.455 e. The van der Waals surface area contributed by atoms with Crippen molar-refractivity contribution in [3.8, 4) is 110 Å². The number of pyridine rings is 6. The Morgan fingerprint density at radius 2 is 0.741 bits per heavy atom. The number of fused-ring (bicyclic) bond motifs is 7. The summed E-state index contributed by atoms with van der Waals surface area (Å²) in [6, 6.07) is 68.2. The van der Waals surface area contributed by atoms with E-state index in [1.807, 2.05) is 49.1 Å². The second-order valence-corrected chi connectivity index (χ2v) is 33.6. The predicted octanol–water partition coefficient (Wildman–Crippen LogP) is 16.3. The molecule has 0 saturated heterocycles. The standard InChI is InChI=1S/C23H21N3OS.C23H20N2OS.C19H19N3S.C15H17N3S.C14H16N4S/c1-14-8-10-16-17-11-9-15(2)24-22(17)27-21(16)20(14)18-6-5-7-19(26(18)4)23-25(3)12-13-28-23;1-15-11-12-17-16-7-4-5-10-20(16)26-22(17)21(15)18-8-6-9-19(25(18)3)23-24(2)13-14-27-23;1-20-11-12-23-19(20)17-10-6-9-16(22(17)3)18-13-14-7-4-5-8-15(14)21(18)2;1-16-9-5-8-12(16)13-6-4-7-14(18(13)3)15-17(2)10-11-19-15;1-16-8-7-15-13(16)11-5-4-6-12(18(11)3)14-17(2)9-10-19-14/h5-13H,1-4H3;4-14H,1-3H3;4-13H,1-3H3;4-11H,1-3H3;4-10H,1-3H3/q5*+2. The van der Waals surface area contributed by atoms with E-state index < -0.39 is 0 Å². The van der Waals surface area contributed by atoms with Gasteiger partial charge in [-0.3, -0.25) is 0 Å². The molecule has 20 rings (SSSR count). The Kier molecular flexibility index (Phi) is 21.9. The number of aromatic nitrogens is 15. The van der Waals surface area contributed by atoms with Crippen LogP contribution in [-0.4, -0.2) is 23.7 Å². The third-order valence-electron chi connectivity index (χ3n) is 21.8. The van der Waals surface area contributed by atoms with Crippen molar-refractivity contribution in [3.05, 3.63) is 287 Å². The molecule has 16 heterocycles. The molecule has 20 aromatic rings. The lowest BCUT2D eigenvalue weighted by Crippen LogP contribution is -2.38. The van der Waals surface area contributed by atoms with Gasteiger partial charge in [0, 0.05) is 139 Å². The molecule has 0 amide bonds. The van der Waals surface area contributed by atoms with Crippen LogP contribution in [-0.2, 0) is 91.6 Å². The molecule has 0 N–H and O–H groups in total. The SMILES string of the molecule is Cc1ccc2c(n1)oc1c(-c3cccc(-c4scc[n+]4C)[n+]3C)c(C)ccc12.Cc1ccc2c(oc3ccccc32)c1-c1cccc(-c2scc[n+]2C)[n+]1C.Cn1c(-c2cccc(-c3scc[n+]3C)[n+]2C)cc2ccccc21.Cn1cccc1-c1cccc(-c2scc[n+]2C)[n+]1C.Cn1ccnc1-c1cccc(-c2scc[n+]2C)[n+]1C. The highest BCUT2D eigenvalue weighted by Crippen LogP contribution is 2.40. The van der Waals surface area contributed by atoms with Crippen molar-refractivity contribution < 1.29 is 54.5 Å². The molecule has 0 fully saturated rings. The smallest absolute Gasteiger partial charge is 0.334 e.